The van der Waals surface area contributed by atoms with Crippen molar-refractivity contribution < 1.29 is 4.79 Å². The molecule has 2 aromatic rings. The summed E-state index contributed by atoms with van der Waals surface area (Å²) in [6, 6.07) is 5.96. The van der Waals surface area contributed by atoms with E-state index in [-0.39, 0.29) is 11.9 Å². The number of carbonyl (C=O) groups is 1. The highest BCUT2D eigenvalue weighted by Gasteiger charge is 2.15. The van der Waals surface area contributed by atoms with Crippen LogP contribution in [0, 0.1) is 0 Å². The molecule has 1 aliphatic heterocycles. The molecule has 0 spiro atoms. The Bertz CT molecular complexity index is 701. The summed E-state index contributed by atoms with van der Waals surface area (Å²) >= 11 is 0. The van der Waals surface area contributed by atoms with E-state index in [1.54, 1.807) is 16.9 Å². The smallest absolute Gasteiger partial charge is 0.269 e. The molecule has 0 atom stereocenters. The lowest BCUT2D eigenvalue weighted by Gasteiger charge is -2.21. The van der Waals surface area contributed by atoms with Gasteiger partial charge in [0.25, 0.3) is 5.91 Å². The van der Waals surface area contributed by atoms with Gasteiger partial charge >= 0.3 is 0 Å². The number of nitrogens with zero attached hydrogens (tertiary/aromatic N) is 4. The molecule has 3 heterocycles. The van der Waals surface area contributed by atoms with Crippen molar-refractivity contribution >= 4 is 11.7 Å². The standard InChI is InChI=1S/C19H27N5O/c1-15(2)24-17(8-10-22-24)19(25)21-14-16-7-9-20-18(13-16)23-11-5-3-4-6-12-23/h7-10,13,15H,3-6,11-12,14H2,1-2H3,(H,21,25). The van der Waals surface area contributed by atoms with E-state index in [4.69, 9.17) is 0 Å². The molecule has 0 saturated carbocycles. The van der Waals surface area contributed by atoms with Crippen molar-refractivity contribution in [3.63, 3.8) is 0 Å². The normalized spacial score (nSPS) is 15.2. The summed E-state index contributed by atoms with van der Waals surface area (Å²) in [6.07, 6.45) is 8.55. The predicted molar refractivity (Wildman–Crippen MR) is 98.7 cm³/mol. The summed E-state index contributed by atoms with van der Waals surface area (Å²) in [7, 11) is 0. The number of rotatable bonds is 5. The van der Waals surface area contributed by atoms with Crippen LogP contribution in [0.3, 0.4) is 0 Å². The summed E-state index contributed by atoms with van der Waals surface area (Å²) in [5.41, 5.74) is 1.66. The van der Waals surface area contributed by atoms with Crippen LogP contribution in [0.15, 0.2) is 30.6 Å². The Morgan fingerprint density at radius 3 is 2.64 bits per heavy atom. The number of hydrogen-bond donors (Lipinski definition) is 1. The van der Waals surface area contributed by atoms with Crippen molar-refractivity contribution in [2.24, 2.45) is 0 Å². The summed E-state index contributed by atoms with van der Waals surface area (Å²) in [6.45, 7) is 6.65. The minimum absolute atomic E-state index is 0.0978. The molecule has 6 heteroatoms. The van der Waals surface area contributed by atoms with E-state index in [2.05, 4.69) is 26.4 Å². The van der Waals surface area contributed by atoms with Crippen molar-refractivity contribution in [3.8, 4) is 0 Å². The molecule has 0 aromatic carbocycles. The first-order valence-corrected chi connectivity index (χ1v) is 9.17. The van der Waals surface area contributed by atoms with Crippen LogP contribution in [0.1, 0.15) is 61.6 Å². The van der Waals surface area contributed by atoms with Gasteiger partial charge in [0.1, 0.15) is 11.5 Å². The van der Waals surface area contributed by atoms with Gasteiger partial charge in [-0.3, -0.25) is 9.48 Å². The van der Waals surface area contributed by atoms with Crippen molar-refractivity contribution in [2.45, 2.75) is 52.1 Å². The molecule has 1 N–H and O–H groups in total. The van der Waals surface area contributed by atoms with Gasteiger partial charge in [-0.1, -0.05) is 12.8 Å². The Labute approximate surface area is 149 Å². The van der Waals surface area contributed by atoms with Crippen LogP contribution >= 0.6 is 0 Å². The molecular weight excluding hydrogens is 314 g/mol. The molecule has 25 heavy (non-hydrogen) atoms. The van der Waals surface area contributed by atoms with E-state index in [9.17, 15) is 4.79 Å². The monoisotopic (exact) mass is 341 g/mol. The topological polar surface area (TPSA) is 63.1 Å². The second-order valence-electron chi connectivity index (χ2n) is 6.86. The molecule has 134 valence electrons. The van der Waals surface area contributed by atoms with E-state index in [1.165, 1.54) is 25.7 Å². The number of hydrogen-bond acceptors (Lipinski definition) is 4. The van der Waals surface area contributed by atoms with Crippen molar-refractivity contribution in [1.82, 2.24) is 20.1 Å². The van der Waals surface area contributed by atoms with Crippen LogP contribution < -0.4 is 10.2 Å². The predicted octanol–water partition coefficient (Wildman–Crippen LogP) is 3.17. The average Bonchev–Trinajstić information content (AvgIpc) is 2.96. The summed E-state index contributed by atoms with van der Waals surface area (Å²) in [5.74, 6) is 0.917. The number of amides is 1. The van der Waals surface area contributed by atoms with Crippen LogP contribution in [-0.4, -0.2) is 33.8 Å². The van der Waals surface area contributed by atoms with Gasteiger partial charge in [-0.05, 0) is 50.5 Å². The summed E-state index contributed by atoms with van der Waals surface area (Å²) in [5, 5.41) is 7.21. The van der Waals surface area contributed by atoms with E-state index < -0.39 is 0 Å². The number of aromatic nitrogens is 3. The lowest BCUT2D eigenvalue weighted by atomic mass is 10.2. The maximum Gasteiger partial charge on any atom is 0.269 e. The van der Waals surface area contributed by atoms with Crippen molar-refractivity contribution in [1.29, 1.82) is 0 Å². The first-order chi connectivity index (χ1) is 12.1. The van der Waals surface area contributed by atoms with Crippen LogP contribution in [0.2, 0.25) is 0 Å². The Balaban J connectivity index is 1.64. The molecule has 1 fully saturated rings. The maximum absolute atomic E-state index is 12.4. The lowest BCUT2D eigenvalue weighted by Crippen LogP contribution is -2.27. The minimum Gasteiger partial charge on any atom is -0.357 e. The van der Waals surface area contributed by atoms with Crippen LogP contribution in [0.5, 0.6) is 0 Å². The molecule has 2 aromatic heterocycles. The maximum atomic E-state index is 12.4. The van der Waals surface area contributed by atoms with Gasteiger partial charge < -0.3 is 10.2 Å². The highest BCUT2D eigenvalue weighted by Crippen LogP contribution is 2.18. The zero-order chi connectivity index (χ0) is 17.6. The van der Waals surface area contributed by atoms with Gasteiger partial charge in [-0.25, -0.2) is 4.98 Å². The van der Waals surface area contributed by atoms with Crippen LogP contribution in [0.25, 0.3) is 0 Å². The fourth-order valence-electron chi connectivity index (χ4n) is 3.22. The van der Waals surface area contributed by atoms with E-state index in [1.807, 2.05) is 26.1 Å². The third kappa shape index (κ3) is 4.38. The molecule has 6 nitrogen and oxygen atoms in total. The van der Waals surface area contributed by atoms with Crippen molar-refractivity contribution in [2.75, 3.05) is 18.0 Å². The summed E-state index contributed by atoms with van der Waals surface area (Å²) in [4.78, 5) is 19.3. The first-order valence-electron chi connectivity index (χ1n) is 9.17. The Morgan fingerprint density at radius 2 is 1.92 bits per heavy atom. The van der Waals surface area contributed by atoms with Gasteiger partial charge in [-0.15, -0.1) is 0 Å². The molecule has 3 rings (SSSR count). The number of anilines is 1. The average molecular weight is 341 g/mol. The molecule has 1 amide bonds. The number of carbonyl (C=O) groups excluding carboxylic acids is 1. The molecular formula is C19H27N5O. The third-order valence-electron chi connectivity index (χ3n) is 4.59. The second-order valence-corrected chi connectivity index (χ2v) is 6.86. The van der Waals surface area contributed by atoms with Crippen LogP contribution in [0.4, 0.5) is 5.82 Å². The Kier molecular flexibility index (Phi) is 5.68. The zero-order valence-electron chi connectivity index (χ0n) is 15.1. The van der Waals surface area contributed by atoms with Gasteiger partial charge in [0.05, 0.1) is 0 Å². The van der Waals surface area contributed by atoms with Gasteiger partial charge in [0.15, 0.2) is 0 Å². The van der Waals surface area contributed by atoms with Gasteiger partial charge in [0.2, 0.25) is 0 Å². The quantitative estimate of drug-likeness (QED) is 0.907. The fourth-order valence-corrected chi connectivity index (χ4v) is 3.22. The highest BCUT2D eigenvalue weighted by molar-refractivity contribution is 5.92. The minimum atomic E-state index is -0.0978. The molecule has 1 aliphatic rings. The first kappa shape index (κ1) is 17.5. The second kappa shape index (κ2) is 8.14. The largest absolute Gasteiger partial charge is 0.357 e. The lowest BCUT2D eigenvalue weighted by molar-refractivity contribution is 0.0938. The van der Waals surface area contributed by atoms with Crippen molar-refractivity contribution in [3.05, 3.63) is 41.9 Å². The van der Waals surface area contributed by atoms with E-state index >= 15 is 0 Å². The third-order valence-corrected chi connectivity index (χ3v) is 4.59. The molecule has 0 aliphatic carbocycles. The molecule has 0 unspecified atom stereocenters. The molecule has 0 radical (unpaired) electrons. The van der Waals surface area contributed by atoms with E-state index in [0.29, 0.717) is 12.2 Å². The SMILES string of the molecule is CC(C)n1nccc1C(=O)NCc1ccnc(N2CCCCCC2)c1. The van der Waals surface area contributed by atoms with Crippen LogP contribution in [-0.2, 0) is 6.54 Å². The Morgan fingerprint density at radius 1 is 1.16 bits per heavy atom. The van der Waals surface area contributed by atoms with E-state index in [0.717, 1.165) is 24.5 Å². The Hall–Kier alpha value is -2.37. The number of pyridine rings is 1. The highest BCUT2D eigenvalue weighted by atomic mass is 16.2. The van der Waals surface area contributed by atoms with Gasteiger partial charge in [0, 0.05) is 38.1 Å². The molecule has 1 saturated heterocycles. The van der Waals surface area contributed by atoms with Gasteiger partial charge in [-0.2, -0.15) is 5.10 Å². The fraction of sp³-hybridized carbons (Fsp3) is 0.526. The zero-order valence-corrected chi connectivity index (χ0v) is 15.1. The molecule has 0 bridgehead atoms. The number of nitrogens with one attached hydrogen (secondary N) is 1. The summed E-state index contributed by atoms with van der Waals surface area (Å²) < 4.78 is 1.74.